The molecule has 7 heteroatoms. The van der Waals surface area contributed by atoms with Crippen LogP contribution in [-0.4, -0.2) is 61.4 Å². The fourth-order valence-electron chi connectivity index (χ4n) is 3.96. The molecule has 2 saturated heterocycles. The van der Waals surface area contributed by atoms with E-state index in [1.165, 1.54) is 4.31 Å². The zero-order valence-electron chi connectivity index (χ0n) is 15.7. The highest BCUT2D eigenvalue weighted by Gasteiger charge is 2.38. The average molecular weight is 381 g/mol. The van der Waals surface area contributed by atoms with Crippen LogP contribution in [0.1, 0.15) is 33.6 Å². The molecule has 2 fully saturated rings. The maximum atomic E-state index is 12.9. The van der Waals surface area contributed by atoms with E-state index >= 15 is 0 Å². The largest absolute Gasteiger partial charge is 0.369 e. The molecular formula is C19H28N2O4S. The van der Waals surface area contributed by atoms with Crippen LogP contribution >= 0.6 is 0 Å². The summed E-state index contributed by atoms with van der Waals surface area (Å²) in [6.45, 7) is 7.93. The molecule has 2 heterocycles. The summed E-state index contributed by atoms with van der Waals surface area (Å²) in [5.41, 5.74) is -0.343. The predicted molar refractivity (Wildman–Crippen MR) is 99.1 cm³/mol. The van der Waals surface area contributed by atoms with Crippen molar-refractivity contribution in [3.8, 4) is 0 Å². The number of nitrogens with zero attached hydrogens (tertiary/aromatic N) is 2. The Morgan fingerprint density at radius 2 is 1.77 bits per heavy atom. The van der Waals surface area contributed by atoms with Crippen LogP contribution in [0.3, 0.4) is 0 Å². The van der Waals surface area contributed by atoms with Crippen molar-refractivity contribution in [3.63, 3.8) is 0 Å². The van der Waals surface area contributed by atoms with Crippen LogP contribution in [-0.2, 0) is 19.6 Å². The van der Waals surface area contributed by atoms with Gasteiger partial charge in [-0.15, -0.1) is 0 Å². The first kappa shape index (κ1) is 19.3. The molecule has 1 aromatic rings. The van der Waals surface area contributed by atoms with Crippen LogP contribution in [0.2, 0.25) is 0 Å². The van der Waals surface area contributed by atoms with E-state index in [4.69, 9.17) is 4.74 Å². The molecular weight excluding hydrogens is 352 g/mol. The number of carbonyl (C=O) groups excluding carboxylic acids is 1. The highest BCUT2D eigenvalue weighted by atomic mass is 32.2. The van der Waals surface area contributed by atoms with Gasteiger partial charge in [-0.3, -0.25) is 4.79 Å². The summed E-state index contributed by atoms with van der Waals surface area (Å²) < 4.78 is 32.8. The first-order valence-corrected chi connectivity index (χ1v) is 10.6. The quantitative estimate of drug-likeness (QED) is 0.806. The van der Waals surface area contributed by atoms with Gasteiger partial charge in [0.05, 0.1) is 16.6 Å². The second-order valence-electron chi connectivity index (χ2n) is 7.90. The highest BCUT2D eigenvalue weighted by molar-refractivity contribution is 7.89. The van der Waals surface area contributed by atoms with Crippen LogP contribution in [0.4, 0.5) is 0 Å². The molecule has 1 amide bonds. The SMILES string of the molecule is CC1CN(C(=O)C2CCN(S(=O)(=O)c3ccccc3)CC2)CC(C)(C)O1. The lowest BCUT2D eigenvalue weighted by Crippen LogP contribution is -2.56. The minimum absolute atomic E-state index is 0.0150. The van der Waals surface area contributed by atoms with Gasteiger partial charge in [-0.25, -0.2) is 8.42 Å². The maximum Gasteiger partial charge on any atom is 0.243 e. The molecule has 0 radical (unpaired) electrons. The summed E-state index contributed by atoms with van der Waals surface area (Å²) in [5, 5.41) is 0. The summed E-state index contributed by atoms with van der Waals surface area (Å²) in [7, 11) is -3.47. The smallest absolute Gasteiger partial charge is 0.243 e. The number of sulfonamides is 1. The molecule has 0 spiro atoms. The fraction of sp³-hybridized carbons (Fsp3) is 0.632. The second-order valence-corrected chi connectivity index (χ2v) is 9.84. The third kappa shape index (κ3) is 4.10. The normalized spacial score (nSPS) is 25.2. The number of carbonyl (C=O) groups is 1. The number of ether oxygens (including phenoxy) is 1. The first-order valence-electron chi connectivity index (χ1n) is 9.21. The number of morpholine rings is 1. The minimum atomic E-state index is -3.47. The van der Waals surface area contributed by atoms with Gasteiger partial charge in [0, 0.05) is 32.1 Å². The maximum absolute atomic E-state index is 12.9. The molecule has 1 aromatic carbocycles. The Bertz CT molecular complexity index is 740. The van der Waals surface area contributed by atoms with E-state index in [1.54, 1.807) is 30.3 Å². The molecule has 26 heavy (non-hydrogen) atoms. The molecule has 6 nitrogen and oxygen atoms in total. The van der Waals surface area contributed by atoms with Gasteiger partial charge in [0.25, 0.3) is 0 Å². The van der Waals surface area contributed by atoms with Crippen molar-refractivity contribution in [2.75, 3.05) is 26.2 Å². The van der Waals surface area contributed by atoms with Crippen LogP contribution in [0, 0.1) is 5.92 Å². The Hall–Kier alpha value is -1.44. The monoisotopic (exact) mass is 380 g/mol. The molecule has 3 rings (SSSR count). The number of piperidine rings is 1. The van der Waals surface area contributed by atoms with Gasteiger partial charge in [-0.05, 0) is 45.7 Å². The van der Waals surface area contributed by atoms with Gasteiger partial charge in [0.15, 0.2) is 0 Å². The lowest BCUT2D eigenvalue weighted by Gasteiger charge is -2.43. The van der Waals surface area contributed by atoms with Gasteiger partial charge in [0.2, 0.25) is 15.9 Å². The zero-order chi connectivity index (χ0) is 18.9. The molecule has 0 N–H and O–H groups in total. The van der Waals surface area contributed by atoms with Crippen LogP contribution in [0.5, 0.6) is 0 Å². The third-order valence-electron chi connectivity index (χ3n) is 5.07. The van der Waals surface area contributed by atoms with Gasteiger partial charge in [-0.2, -0.15) is 4.31 Å². The zero-order valence-corrected chi connectivity index (χ0v) is 16.5. The molecule has 0 saturated carbocycles. The Morgan fingerprint density at radius 1 is 1.15 bits per heavy atom. The van der Waals surface area contributed by atoms with Gasteiger partial charge < -0.3 is 9.64 Å². The van der Waals surface area contributed by atoms with E-state index in [9.17, 15) is 13.2 Å². The van der Waals surface area contributed by atoms with Crippen molar-refractivity contribution in [1.29, 1.82) is 0 Å². The Morgan fingerprint density at radius 3 is 2.35 bits per heavy atom. The second kappa shape index (κ2) is 7.29. The summed E-state index contributed by atoms with van der Waals surface area (Å²) in [6.07, 6.45) is 1.15. The molecule has 0 aliphatic carbocycles. The fourth-order valence-corrected chi connectivity index (χ4v) is 5.46. The van der Waals surface area contributed by atoms with E-state index < -0.39 is 10.0 Å². The number of benzene rings is 1. The first-order chi connectivity index (χ1) is 12.2. The van der Waals surface area contributed by atoms with Crippen LogP contribution in [0.25, 0.3) is 0 Å². The third-order valence-corrected chi connectivity index (χ3v) is 6.98. The molecule has 144 valence electrons. The lowest BCUT2D eigenvalue weighted by molar-refractivity contribution is -0.162. The van der Waals surface area contributed by atoms with Crippen molar-refractivity contribution in [3.05, 3.63) is 30.3 Å². The standard InChI is InChI=1S/C19H28N2O4S/c1-15-13-20(14-19(2,3)25-15)18(22)16-9-11-21(12-10-16)26(23,24)17-7-5-4-6-8-17/h4-8,15-16H,9-14H2,1-3H3. The minimum Gasteiger partial charge on any atom is -0.369 e. The van der Waals surface area contributed by atoms with E-state index in [2.05, 4.69) is 0 Å². The topological polar surface area (TPSA) is 66.9 Å². The van der Waals surface area contributed by atoms with Crippen molar-refractivity contribution in [2.24, 2.45) is 5.92 Å². The summed E-state index contributed by atoms with van der Waals surface area (Å²) >= 11 is 0. The van der Waals surface area contributed by atoms with E-state index in [0.29, 0.717) is 43.9 Å². The van der Waals surface area contributed by atoms with Crippen molar-refractivity contribution in [2.45, 2.75) is 50.2 Å². The van der Waals surface area contributed by atoms with E-state index in [-0.39, 0.29) is 23.5 Å². The molecule has 0 aromatic heterocycles. The van der Waals surface area contributed by atoms with Crippen LogP contribution in [0.15, 0.2) is 35.2 Å². The Balaban J connectivity index is 1.62. The van der Waals surface area contributed by atoms with Crippen molar-refractivity contribution in [1.82, 2.24) is 9.21 Å². The lowest BCUT2D eigenvalue weighted by atomic mass is 9.95. The Kier molecular flexibility index (Phi) is 5.42. The van der Waals surface area contributed by atoms with E-state index in [0.717, 1.165) is 0 Å². The predicted octanol–water partition coefficient (Wildman–Crippen LogP) is 2.11. The number of hydrogen-bond donors (Lipinski definition) is 0. The number of hydrogen-bond acceptors (Lipinski definition) is 4. The highest BCUT2D eigenvalue weighted by Crippen LogP contribution is 2.28. The summed E-state index contributed by atoms with van der Waals surface area (Å²) in [6, 6.07) is 8.48. The van der Waals surface area contributed by atoms with Crippen molar-refractivity contribution >= 4 is 15.9 Å². The molecule has 1 unspecified atom stereocenters. The number of rotatable bonds is 3. The van der Waals surface area contributed by atoms with Gasteiger partial charge >= 0.3 is 0 Å². The van der Waals surface area contributed by atoms with E-state index in [1.807, 2.05) is 25.7 Å². The molecule has 2 aliphatic rings. The Labute approximate surface area is 156 Å². The summed E-state index contributed by atoms with van der Waals surface area (Å²) in [5.74, 6) is 0.0170. The average Bonchev–Trinajstić information content (AvgIpc) is 2.60. The van der Waals surface area contributed by atoms with Crippen LogP contribution < -0.4 is 0 Å². The van der Waals surface area contributed by atoms with Gasteiger partial charge in [-0.1, -0.05) is 18.2 Å². The molecule has 1 atom stereocenters. The van der Waals surface area contributed by atoms with Crippen molar-refractivity contribution < 1.29 is 17.9 Å². The summed E-state index contributed by atoms with van der Waals surface area (Å²) in [4.78, 5) is 15.1. The number of amides is 1. The molecule has 0 bridgehead atoms. The van der Waals surface area contributed by atoms with Gasteiger partial charge in [0.1, 0.15) is 0 Å². The molecule has 2 aliphatic heterocycles.